The van der Waals surface area contributed by atoms with Crippen molar-refractivity contribution in [2.24, 2.45) is 0 Å². The van der Waals surface area contributed by atoms with Crippen LogP contribution >= 0.6 is 0 Å². The van der Waals surface area contributed by atoms with E-state index in [9.17, 15) is 8.42 Å². The fourth-order valence-electron chi connectivity index (χ4n) is 2.62. The maximum absolute atomic E-state index is 12.3. The van der Waals surface area contributed by atoms with E-state index in [1.54, 1.807) is 12.1 Å². The Bertz CT molecular complexity index is 610. The zero-order valence-corrected chi connectivity index (χ0v) is 13.2. The topological polar surface area (TPSA) is 73.9 Å². The fraction of sp³-hybridized carbons (Fsp3) is 0.600. The Balaban J connectivity index is 1.64. The number of ether oxygens (including phenoxy) is 3. The molecule has 7 heteroatoms. The molecule has 2 aliphatic heterocycles. The zero-order chi connectivity index (χ0) is 15.4. The van der Waals surface area contributed by atoms with Crippen LogP contribution in [0.2, 0.25) is 0 Å². The van der Waals surface area contributed by atoms with Gasteiger partial charge in [-0.15, -0.1) is 0 Å². The Kier molecular flexibility index (Phi) is 4.85. The van der Waals surface area contributed by atoms with Crippen LogP contribution < -0.4 is 14.2 Å². The van der Waals surface area contributed by atoms with Crippen LogP contribution in [0.1, 0.15) is 25.7 Å². The van der Waals surface area contributed by atoms with Crippen LogP contribution in [0.25, 0.3) is 0 Å². The van der Waals surface area contributed by atoms with E-state index in [4.69, 9.17) is 14.2 Å². The van der Waals surface area contributed by atoms with Crippen LogP contribution in [0.4, 0.5) is 0 Å². The third-order valence-corrected chi connectivity index (χ3v) is 5.27. The van der Waals surface area contributed by atoms with Crippen molar-refractivity contribution in [1.29, 1.82) is 0 Å². The molecule has 2 aliphatic rings. The van der Waals surface area contributed by atoms with E-state index in [1.165, 1.54) is 6.07 Å². The number of hydrogen-bond donors (Lipinski definition) is 1. The summed E-state index contributed by atoms with van der Waals surface area (Å²) < 4.78 is 43.8. The molecule has 1 aromatic carbocycles. The lowest BCUT2D eigenvalue weighted by Gasteiger charge is -2.12. The van der Waals surface area contributed by atoms with Gasteiger partial charge in [-0.2, -0.15) is 0 Å². The van der Waals surface area contributed by atoms with Gasteiger partial charge in [0.2, 0.25) is 10.0 Å². The summed E-state index contributed by atoms with van der Waals surface area (Å²) in [7, 11) is -3.54. The Hall–Kier alpha value is -1.31. The normalized spacial score (nSPS) is 21.5. The van der Waals surface area contributed by atoms with Crippen molar-refractivity contribution in [3.05, 3.63) is 18.2 Å². The monoisotopic (exact) mass is 327 g/mol. The molecule has 122 valence electrons. The smallest absolute Gasteiger partial charge is 0.240 e. The van der Waals surface area contributed by atoms with Gasteiger partial charge in [0, 0.05) is 25.6 Å². The first-order chi connectivity index (χ1) is 10.6. The average Bonchev–Trinajstić information content (AvgIpc) is 2.90. The van der Waals surface area contributed by atoms with Crippen molar-refractivity contribution in [3.63, 3.8) is 0 Å². The van der Waals surface area contributed by atoms with Crippen molar-refractivity contribution in [2.45, 2.75) is 36.7 Å². The number of nitrogens with one attached hydrogen (secondary N) is 1. The number of hydrogen-bond acceptors (Lipinski definition) is 5. The highest BCUT2D eigenvalue weighted by atomic mass is 32.2. The molecule has 0 saturated carbocycles. The van der Waals surface area contributed by atoms with Gasteiger partial charge in [0.15, 0.2) is 11.5 Å². The lowest BCUT2D eigenvalue weighted by molar-refractivity contribution is 0.105. The highest BCUT2D eigenvalue weighted by molar-refractivity contribution is 7.89. The molecule has 0 spiro atoms. The van der Waals surface area contributed by atoms with Gasteiger partial charge in [0.25, 0.3) is 0 Å². The van der Waals surface area contributed by atoms with Gasteiger partial charge in [-0.05, 0) is 31.4 Å². The van der Waals surface area contributed by atoms with Crippen LogP contribution in [-0.4, -0.2) is 40.9 Å². The zero-order valence-electron chi connectivity index (χ0n) is 12.4. The summed E-state index contributed by atoms with van der Waals surface area (Å²) in [6.07, 6.45) is 3.72. The Morgan fingerprint density at radius 1 is 1.09 bits per heavy atom. The lowest BCUT2D eigenvalue weighted by atomic mass is 10.2. The number of rotatable bonds is 5. The van der Waals surface area contributed by atoms with E-state index in [-0.39, 0.29) is 11.0 Å². The van der Waals surface area contributed by atoms with Crippen LogP contribution in [0.5, 0.6) is 11.5 Å². The lowest BCUT2D eigenvalue weighted by Crippen LogP contribution is -2.27. The van der Waals surface area contributed by atoms with Crippen molar-refractivity contribution < 1.29 is 22.6 Å². The molecule has 0 radical (unpaired) electrons. The van der Waals surface area contributed by atoms with Crippen LogP contribution in [0.15, 0.2) is 23.1 Å². The summed E-state index contributed by atoms with van der Waals surface area (Å²) in [5.41, 5.74) is 0. The second kappa shape index (κ2) is 6.85. The summed E-state index contributed by atoms with van der Waals surface area (Å²) in [6.45, 7) is 2.27. The summed E-state index contributed by atoms with van der Waals surface area (Å²) in [5.74, 6) is 1.08. The number of fused-ring (bicyclic) bond motifs is 1. The molecular formula is C15H21NO5S. The van der Waals surface area contributed by atoms with Crippen LogP contribution in [0, 0.1) is 0 Å². The largest absolute Gasteiger partial charge is 0.490 e. The van der Waals surface area contributed by atoms with E-state index in [2.05, 4.69) is 4.72 Å². The van der Waals surface area contributed by atoms with Gasteiger partial charge in [0.05, 0.1) is 24.2 Å². The van der Waals surface area contributed by atoms with E-state index in [0.29, 0.717) is 37.7 Å². The molecule has 1 aromatic rings. The molecule has 0 amide bonds. The molecule has 0 bridgehead atoms. The Morgan fingerprint density at radius 3 is 2.68 bits per heavy atom. The number of benzene rings is 1. The van der Waals surface area contributed by atoms with Gasteiger partial charge in [-0.1, -0.05) is 0 Å². The molecule has 0 unspecified atom stereocenters. The Labute approximate surface area is 130 Å². The first-order valence-corrected chi connectivity index (χ1v) is 9.14. The van der Waals surface area contributed by atoms with Gasteiger partial charge in [-0.3, -0.25) is 0 Å². The van der Waals surface area contributed by atoms with Crippen LogP contribution in [0.3, 0.4) is 0 Å². The molecule has 1 fully saturated rings. The van der Waals surface area contributed by atoms with Gasteiger partial charge in [-0.25, -0.2) is 13.1 Å². The maximum Gasteiger partial charge on any atom is 0.240 e. The van der Waals surface area contributed by atoms with Crippen molar-refractivity contribution in [2.75, 3.05) is 26.4 Å². The summed E-state index contributed by atoms with van der Waals surface area (Å²) in [4.78, 5) is 0.198. The predicted molar refractivity (Wildman–Crippen MR) is 80.8 cm³/mol. The Morgan fingerprint density at radius 2 is 1.91 bits per heavy atom. The average molecular weight is 327 g/mol. The SMILES string of the molecule is O=S(=O)(NCC[C@H]1CCCO1)c1ccc2c(c1)OCCCO2. The minimum atomic E-state index is -3.54. The second-order valence-electron chi connectivity index (χ2n) is 5.48. The first-order valence-electron chi connectivity index (χ1n) is 7.66. The minimum absolute atomic E-state index is 0.173. The molecule has 1 N–H and O–H groups in total. The molecule has 6 nitrogen and oxygen atoms in total. The second-order valence-corrected chi connectivity index (χ2v) is 7.25. The van der Waals surface area contributed by atoms with E-state index < -0.39 is 10.0 Å². The van der Waals surface area contributed by atoms with Crippen molar-refractivity contribution >= 4 is 10.0 Å². The summed E-state index contributed by atoms with van der Waals surface area (Å²) in [5, 5.41) is 0. The maximum atomic E-state index is 12.3. The quantitative estimate of drug-likeness (QED) is 0.891. The van der Waals surface area contributed by atoms with E-state index in [0.717, 1.165) is 25.9 Å². The first kappa shape index (κ1) is 15.6. The minimum Gasteiger partial charge on any atom is -0.490 e. The molecule has 22 heavy (non-hydrogen) atoms. The third kappa shape index (κ3) is 3.71. The molecule has 1 atom stereocenters. The highest BCUT2D eigenvalue weighted by Gasteiger charge is 2.20. The van der Waals surface area contributed by atoms with Crippen molar-refractivity contribution in [1.82, 2.24) is 4.72 Å². The summed E-state index contributed by atoms with van der Waals surface area (Å²) in [6, 6.07) is 4.71. The van der Waals surface area contributed by atoms with E-state index >= 15 is 0 Å². The van der Waals surface area contributed by atoms with Crippen LogP contribution in [-0.2, 0) is 14.8 Å². The molecule has 1 saturated heterocycles. The summed E-state index contributed by atoms with van der Waals surface area (Å²) >= 11 is 0. The van der Waals surface area contributed by atoms with Crippen molar-refractivity contribution in [3.8, 4) is 11.5 Å². The molecule has 0 aromatic heterocycles. The molecule has 3 rings (SSSR count). The highest BCUT2D eigenvalue weighted by Crippen LogP contribution is 2.31. The third-order valence-electron chi connectivity index (χ3n) is 3.81. The standard InChI is InChI=1S/C15H21NO5S/c17-22(18,16-7-6-12-3-1-8-19-12)13-4-5-14-15(11-13)21-10-2-9-20-14/h4-5,11-12,16H,1-3,6-10H2/t12-/m1/s1. The number of sulfonamides is 1. The van der Waals surface area contributed by atoms with Gasteiger partial charge in [0.1, 0.15) is 0 Å². The molecule has 2 heterocycles. The van der Waals surface area contributed by atoms with E-state index in [1.807, 2.05) is 0 Å². The van der Waals surface area contributed by atoms with Gasteiger partial charge >= 0.3 is 0 Å². The molecular weight excluding hydrogens is 306 g/mol. The fourth-order valence-corrected chi connectivity index (χ4v) is 3.68. The predicted octanol–water partition coefficient (Wildman–Crippen LogP) is 1.70. The molecule has 0 aliphatic carbocycles. The van der Waals surface area contributed by atoms with Gasteiger partial charge < -0.3 is 14.2 Å².